The predicted octanol–water partition coefficient (Wildman–Crippen LogP) is 1.19. The van der Waals surface area contributed by atoms with Gasteiger partial charge in [0.25, 0.3) is 0 Å². The number of rotatable bonds is 4. The molecule has 1 N–H and O–H groups in total. The van der Waals surface area contributed by atoms with Crippen LogP contribution in [0.1, 0.15) is 18.9 Å². The Morgan fingerprint density at radius 2 is 2.26 bits per heavy atom. The maximum absolute atomic E-state index is 12.0. The largest absolute Gasteiger partial charge is 0.481 e. The van der Waals surface area contributed by atoms with Gasteiger partial charge in [0.1, 0.15) is 0 Å². The van der Waals surface area contributed by atoms with Crippen LogP contribution in [0.2, 0.25) is 0 Å². The van der Waals surface area contributed by atoms with Crippen molar-refractivity contribution in [3.63, 3.8) is 0 Å². The highest BCUT2D eigenvalue weighted by Crippen LogP contribution is 2.23. The van der Waals surface area contributed by atoms with Crippen LogP contribution in [0.5, 0.6) is 0 Å². The third-order valence-corrected chi connectivity index (χ3v) is 3.63. The third kappa shape index (κ3) is 3.30. The van der Waals surface area contributed by atoms with Crippen LogP contribution in [-0.2, 0) is 16.0 Å². The third-order valence-electron chi connectivity index (χ3n) is 3.63. The predicted molar refractivity (Wildman–Crippen MR) is 69.4 cm³/mol. The molecule has 1 aliphatic heterocycles. The van der Waals surface area contributed by atoms with E-state index in [2.05, 4.69) is 4.98 Å². The van der Waals surface area contributed by atoms with Gasteiger partial charge >= 0.3 is 5.97 Å². The quantitative estimate of drug-likeness (QED) is 0.885. The summed E-state index contributed by atoms with van der Waals surface area (Å²) in [5.41, 5.74) is 1.03. The Balaban J connectivity index is 1.86. The number of pyridine rings is 1. The fourth-order valence-electron chi connectivity index (χ4n) is 2.45. The SMILES string of the molecule is C[C@@H]1CN(C(=O)CCc2cccnc2)C[C@H]1C(=O)O. The van der Waals surface area contributed by atoms with Crippen molar-refractivity contribution in [2.24, 2.45) is 11.8 Å². The van der Waals surface area contributed by atoms with Gasteiger partial charge < -0.3 is 10.0 Å². The van der Waals surface area contributed by atoms with Gasteiger partial charge in [-0.3, -0.25) is 14.6 Å². The zero-order valence-corrected chi connectivity index (χ0v) is 11.0. The maximum Gasteiger partial charge on any atom is 0.308 e. The van der Waals surface area contributed by atoms with E-state index in [0.29, 0.717) is 25.9 Å². The van der Waals surface area contributed by atoms with Gasteiger partial charge in [0.2, 0.25) is 5.91 Å². The van der Waals surface area contributed by atoms with E-state index in [1.807, 2.05) is 19.1 Å². The lowest BCUT2D eigenvalue weighted by Crippen LogP contribution is -2.30. The number of nitrogens with zero attached hydrogens (tertiary/aromatic N) is 2. The van der Waals surface area contributed by atoms with Gasteiger partial charge in [-0.25, -0.2) is 0 Å². The minimum atomic E-state index is -0.810. The maximum atomic E-state index is 12.0. The summed E-state index contributed by atoms with van der Waals surface area (Å²) in [6.07, 6.45) is 4.50. The van der Waals surface area contributed by atoms with Crippen LogP contribution < -0.4 is 0 Å². The van der Waals surface area contributed by atoms with E-state index in [9.17, 15) is 9.59 Å². The molecule has 0 spiro atoms. The van der Waals surface area contributed by atoms with Gasteiger partial charge in [-0.05, 0) is 24.0 Å². The molecule has 1 aliphatic rings. The average Bonchev–Trinajstić information content (AvgIpc) is 2.79. The Labute approximate surface area is 112 Å². The standard InChI is InChI=1S/C14H18N2O3/c1-10-8-16(9-12(10)14(18)19)13(17)5-4-11-3-2-6-15-7-11/h2-3,6-7,10,12H,4-5,8-9H2,1H3,(H,18,19)/t10-,12-/m1/s1. The zero-order valence-electron chi connectivity index (χ0n) is 11.0. The Bertz CT molecular complexity index is 461. The summed E-state index contributed by atoms with van der Waals surface area (Å²) in [7, 11) is 0. The zero-order chi connectivity index (χ0) is 13.8. The molecule has 5 nitrogen and oxygen atoms in total. The fraction of sp³-hybridized carbons (Fsp3) is 0.500. The Hall–Kier alpha value is -1.91. The van der Waals surface area contributed by atoms with Gasteiger partial charge in [-0.2, -0.15) is 0 Å². The molecule has 5 heteroatoms. The molecule has 0 bridgehead atoms. The number of hydrogen-bond donors (Lipinski definition) is 1. The number of carbonyl (C=O) groups excluding carboxylic acids is 1. The van der Waals surface area contributed by atoms with E-state index in [4.69, 9.17) is 5.11 Å². The molecule has 19 heavy (non-hydrogen) atoms. The normalized spacial score (nSPS) is 22.5. The highest BCUT2D eigenvalue weighted by atomic mass is 16.4. The minimum absolute atomic E-state index is 0.0273. The lowest BCUT2D eigenvalue weighted by Gasteiger charge is -2.15. The number of carboxylic acid groups (broad SMARTS) is 1. The molecule has 1 aromatic rings. The van der Waals surface area contributed by atoms with Crippen molar-refractivity contribution in [1.82, 2.24) is 9.88 Å². The molecule has 2 rings (SSSR count). The number of likely N-dealkylation sites (tertiary alicyclic amines) is 1. The molecule has 0 radical (unpaired) electrons. The first-order valence-electron chi connectivity index (χ1n) is 6.47. The summed E-state index contributed by atoms with van der Waals surface area (Å²) < 4.78 is 0. The molecule has 0 unspecified atom stereocenters. The smallest absolute Gasteiger partial charge is 0.308 e. The number of aromatic nitrogens is 1. The Morgan fingerprint density at radius 1 is 1.47 bits per heavy atom. The van der Waals surface area contributed by atoms with E-state index in [1.54, 1.807) is 17.3 Å². The average molecular weight is 262 g/mol. The first-order valence-corrected chi connectivity index (χ1v) is 6.47. The molecule has 1 fully saturated rings. The van der Waals surface area contributed by atoms with Crippen molar-refractivity contribution in [2.75, 3.05) is 13.1 Å². The second-order valence-electron chi connectivity index (χ2n) is 5.08. The van der Waals surface area contributed by atoms with Crippen molar-refractivity contribution < 1.29 is 14.7 Å². The number of aliphatic carboxylic acids is 1. The van der Waals surface area contributed by atoms with Crippen LogP contribution in [0.4, 0.5) is 0 Å². The molecular weight excluding hydrogens is 244 g/mol. The molecule has 0 saturated carbocycles. The number of carboxylic acids is 1. The summed E-state index contributed by atoms with van der Waals surface area (Å²) in [6.45, 7) is 2.76. The van der Waals surface area contributed by atoms with Crippen LogP contribution in [-0.4, -0.2) is 40.0 Å². The number of hydrogen-bond acceptors (Lipinski definition) is 3. The van der Waals surface area contributed by atoms with Gasteiger partial charge in [0, 0.05) is 31.9 Å². The van der Waals surface area contributed by atoms with Crippen LogP contribution in [0, 0.1) is 11.8 Å². The summed E-state index contributed by atoms with van der Waals surface area (Å²) in [5.74, 6) is -1.18. The van der Waals surface area contributed by atoms with E-state index >= 15 is 0 Å². The first kappa shape index (κ1) is 13.5. The molecule has 2 heterocycles. The van der Waals surface area contributed by atoms with Gasteiger partial charge in [-0.15, -0.1) is 0 Å². The summed E-state index contributed by atoms with van der Waals surface area (Å²) in [5, 5.41) is 9.04. The second kappa shape index (κ2) is 5.82. The summed E-state index contributed by atoms with van der Waals surface area (Å²) in [6, 6.07) is 3.78. The van der Waals surface area contributed by atoms with Gasteiger partial charge in [-0.1, -0.05) is 13.0 Å². The number of amides is 1. The highest BCUT2D eigenvalue weighted by molar-refractivity contribution is 5.79. The molecule has 1 aromatic heterocycles. The van der Waals surface area contributed by atoms with Crippen LogP contribution in [0.25, 0.3) is 0 Å². The first-order chi connectivity index (χ1) is 9.08. The van der Waals surface area contributed by atoms with Crippen molar-refractivity contribution in [2.45, 2.75) is 19.8 Å². The molecule has 2 atom stereocenters. The second-order valence-corrected chi connectivity index (χ2v) is 5.08. The molecule has 1 saturated heterocycles. The van der Waals surface area contributed by atoms with E-state index in [1.165, 1.54) is 0 Å². The van der Waals surface area contributed by atoms with Crippen LogP contribution in [0.15, 0.2) is 24.5 Å². The number of carbonyl (C=O) groups is 2. The minimum Gasteiger partial charge on any atom is -0.481 e. The van der Waals surface area contributed by atoms with Crippen molar-refractivity contribution in [3.05, 3.63) is 30.1 Å². The molecule has 102 valence electrons. The summed E-state index contributed by atoms with van der Waals surface area (Å²) in [4.78, 5) is 28.7. The van der Waals surface area contributed by atoms with Crippen molar-refractivity contribution in [1.29, 1.82) is 0 Å². The topological polar surface area (TPSA) is 70.5 Å². The van der Waals surface area contributed by atoms with Gasteiger partial charge in [0.05, 0.1) is 5.92 Å². The monoisotopic (exact) mass is 262 g/mol. The Morgan fingerprint density at radius 3 is 2.84 bits per heavy atom. The van der Waals surface area contributed by atoms with Crippen molar-refractivity contribution in [3.8, 4) is 0 Å². The van der Waals surface area contributed by atoms with E-state index < -0.39 is 11.9 Å². The lowest BCUT2D eigenvalue weighted by molar-refractivity contribution is -0.142. The molecule has 0 aliphatic carbocycles. The highest BCUT2D eigenvalue weighted by Gasteiger charge is 2.36. The molecule has 0 aromatic carbocycles. The van der Waals surface area contributed by atoms with E-state index in [0.717, 1.165) is 5.56 Å². The van der Waals surface area contributed by atoms with E-state index in [-0.39, 0.29) is 11.8 Å². The number of aryl methyl sites for hydroxylation is 1. The molecule has 1 amide bonds. The fourth-order valence-corrected chi connectivity index (χ4v) is 2.45. The van der Waals surface area contributed by atoms with Crippen LogP contribution in [0.3, 0.4) is 0 Å². The van der Waals surface area contributed by atoms with Gasteiger partial charge in [0.15, 0.2) is 0 Å². The van der Waals surface area contributed by atoms with Crippen LogP contribution >= 0.6 is 0 Å². The molecular formula is C14H18N2O3. The lowest BCUT2D eigenvalue weighted by atomic mass is 9.99. The Kier molecular flexibility index (Phi) is 4.14. The summed E-state index contributed by atoms with van der Waals surface area (Å²) >= 11 is 0. The van der Waals surface area contributed by atoms with Crippen molar-refractivity contribution >= 4 is 11.9 Å².